The summed E-state index contributed by atoms with van der Waals surface area (Å²) in [6.07, 6.45) is -1.65. The van der Waals surface area contributed by atoms with Gasteiger partial charge in [0.1, 0.15) is 0 Å². The van der Waals surface area contributed by atoms with Gasteiger partial charge in [0.05, 0.1) is 6.42 Å². The first-order valence-electron chi connectivity index (χ1n) is 5.02. The van der Waals surface area contributed by atoms with Crippen molar-refractivity contribution < 1.29 is 13.2 Å². The van der Waals surface area contributed by atoms with Crippen LogP contribution in [-0.2, 0) is 0 Å². The van der Waals surface area contributed by atoms with Gasteiger partial charge in [0.25, 0.3) is 0 Å². The molecule has 2 nitrogen and oxygen atoms in total. The van der Waals surface area contributed by atoms with Crippen molar-refractivity contribution in [1.82, 2.24) is 4.90 Å². The Morgan fingerprint density at radius 3 is 2.21 bits per heavy atom. The number of nitrogens with zero attached hydrogens (tertiary/aromatic N) is 1. The SMILES string of the molecule is NC(CN1CCCCC1)CC(F)(F)F. The number of piperidine rings is 1. The number of hydrogen-bond donors (Lipinski definition) is 1. The maximum atomic E-state index is 12.0. The van der Waals surface area contributed by atoms with Crippen LogP contribution in [0.3, 0.4) is 0 Å². The van der Waals surface area contributed by atoms with Crippen LogP contribution in [0, 0.1) is 0 Å². The topological polar surface area (TPSA) is 29.3 Å². The van der Waals surface area contributed by atoms with Gasteiger partial charge in [0.2, 0.25) is 0 Å². The van der Waals surface area contributed by atoms with E-state index in [9.17, 15) is 13.2 Å². The summed E-state index contributed by atoms with van der Waals surface area (Å²) in [6.45, 7) is 2.16. The summed E-state index contributed by atoms with van der Waals surface area (Å²) >= 11 is 0. The van der Waals surface area contributed by atoms with E-state index in [1.807, 2.05) is 4.90 Å². The highest BCUT2D eigenvalue weighted by molar-refractivity contribution is 4.73. The number of likely N-dealkylation sites (tertiary alicyclic amines) is 1. The number of halogens is 3. The summed E-state index contributed by atoms with van der Waals surface area (Å²) < 4.78 is 35.9. The lowest BCUT2D eigenvalue weighted by molar-refractivity contribution is -0.139. The normalized spacial score (nSPS) is 22.3. The Kier molecular flexibility index (Phi) is 4.19. The zero-order valence-corrected chi connectivity index (χ0v) is 8.19. The van der Waals surface area contributed by atoms with Gasteiger partial charge in [-0.15, -0.1) is 0 Å². The molecule has 1 fully saturated rings. The van der Waals surface area contributed by atoms with Gasteiger partial charge in [0, 0.05) is 12.6 Å². The van der Waals surface area contributed by atoms with Crippen molar-refractivity contribution >= 4 is 0 Å². The summed E-state index contributed by atoms with van der Waals surface area (Å²) in [5, 5.41) is 0. The van der Waals surface area contributed by atoms with Crippen LogP contribution in [0.4, 0.5) is 13.2 Å². The molecule has 2 N–H and O–H groups in total. The minimum Gasteiger partial charge on any atom is -0.326 e. The van der Waals surface area contributed by atoms with Gasteiger partial charge in [0.15, 0.2) is 0 Å². The van der Waals surface area contributed by atoms with E-state index < -0.39 is 18.6 Å². The Morgan fingerprint density at radius 1 is 1.14 bits per heavy atom. The van der Waals surface area contributed by atoms with Gasteiger partial charge in [-0.1, -0.05) is 6.42 Å². The van der Waals surface area contributed by atoms with Crippen LogP contribution in [-0.4, -0.2) is 36.8 Å². The molecule has 1 heterocycles. The molecular formula is C9H17F3N2. The Balaban J connectivity index is 2.21. The van der Waals surface area contributed by atoms with E-state index in [0.717, 1.165) is 25.9 Å². The van der Waals surface area contributed by atoms with Crippen LogP contribution in [0.2, 0.25) is 0 Å². The maximum Gasteiger partial charge on any atom is 0.390 e. The summed E-state index contributed by atoms with van der Waals surface area (Å²) in [5.74, 6) is 0. The number of alkyl halides is 3. The van der Waals surface area contributed by atoms with Crippen molar-refractivity contribution in [1.29, 1.82) is 0 Å². The molecule has 1 aliphatic heterocycles. The zero-order valence-electron chi connectivity index (χ0n) is 8.19. The molecule has 0 amide bonds. The Labute approximate surface area is 82.2 Å². The fraction of sp³-hybridized carbons (Fsp3) is 1.00. The smallest absolute Gasteiger partial charge is 0.326 e. The average Bonchev–Trinajstić information content (AvgIpc) is 2.02. The van der Waals surface area contributed by atoms with Gasteiger partial charge in [-0.05, 0) is 25.9 Å². The molecule has 0 radical (unpaired) electrons. The highest BCUT2D eigenvalue weighted by Gasteiger charge is 2.31. The summed E-state index contributed by atoms with van der Waals surface area (Å²) in [7, 11) is 0. The maximum absolute atomic E-state index is 12.0. The number of rotatable bonds is 3. The molecule has 0 aromatic carbocycles. The number of nitrogens with two attached hydrogens (primary N) is 1. The van der Waals surface area contributed by atoms with Crippen LogP contribution >= 0.6 is 0 Å². The highest BCUT2D eigenvalue weighted by atomic mass is 19.4. The van der Waals surface area contributed by atoms with Crippen LogP contribution in [0.5, 0.6) is 0 Å². The first-order chi connectivity index (χ1) is 6.47. The van der Waals surface area contributed by atoms with Gasteiger partial charge in [-0.25, -0.2) is 0 Å². The fourth-order valence-corrected chi connectivity index (χ4v) is 1.84. The second-order valence-corrected chi connectivity index (χ2v) is 3.94. The molecule has 84 valence electrons. The van der Waals surface area contributed by atoms with Crippen molar-refractivity contribution in [2.45, 2.75) is 37.9 Å². The van der Waals surface area contributed by atoms with Crippen molar-refractivity contribution in [2.24, 2.45) is 5.73 Å². The Bertz CT molecular complexity index is 164. The second kappa shape index (κ2) is 4.98. The Hall–Kier alpha value is -0.290. The van der Waals surface area contributed by atoms with E-state index >= 15 is 0 Å². The molecular weight excluding hydrogens is 193 g/mol. The van der Waals surface area contributed by atoms with Crippen molar-refractivity contribution in [2.75, 3.05) is 19.6 Å². The summed E-state index contributed by atoms with van der Waals surface area (Å²) in [5.41, 5.74) is 5.43. The third kappa shape index (κ3) is 4.81. The van der Waals surface area contributed by atoms with E-state index in [-0.39, 0.29) is 0 Å². The zero-order chi connectivity index (χ0) is 10.6. The average molecular weight is 210 g/mol. The van der Waals surface area contributed by atoms with E-state index in [4.69, 9.17) is 5.73 Å². The third-order valence-corrected chi connectivity index (χ3v) is 2.44. The van der Waals surface area contributed by atoms with Gasteiger partial charge in [-0.2, -0.15) is 13.2 Å². The predicted molar refractivity (Wildman–Crippen MR) is 48.9 cm³/mol. The number of hydrogen-bond acceptors (Lipinski definition) is 2. The van der Waals surface area contributed by atoms with Gasteiger partial charge in [-0.3, -0.25) is 0 Å². The Morgan fingerprint density at radius 2 is 1.71 bits per heavy atom. The van der Waals surface area contributed by atoms with Crippen molar-refractivity contribution in [3.63, 3.8) is 0 Å². The van der Waals surface area contributed by atoms with E-state index in [2.05, 4.69) is 0 Å². The first kappa shape index (κ1) is 11.8. The minimum absolute atomic E-state index is 0.375. The molecule has 1 rings (SSSR count). The first-order valence-corrected chi connectivity index (χ1v) is 5.02. The molecule has 0 aromatic heterocycles. The molecule has 14 heavy (non-hydrogen) atoms. The highest BCUT2D eigenvalue weighted by Crippen LogP contribution is 2.21. The molecule has 5 heteroatoms. The molecule has 0 aromatic rings. The molecule has 1 unspecified atom stereocenters. The predicted octanol–water partition coefficient (Wildman–Crippen LogP) is 1.75. The molecule has 0 bridgehead atoms. The monoisotopic (exact) mass is 210 g/mol. The summed E-state index contributed by atoms with van der Waals surface area (Å²) in [4.78, 5) is 2.03. The van der Waals surface area contributed by atoms with Gasteiger partial charge < -0.3 is 10.6 Å². The van der Waals surface area contributed by atoms with Crippen LogP contribution in [0.1, 0.15) is 25.7 Å². The molecule has 0 aliphatic carbocycles. The van der Waals surface area contributed by atoms with Crippen LogP contribution in [0.15, 0.2) is 0 Å². The minimum atomic E-state index is -4.13. The molecule has 0 spiro atoms. The third-order valence-electron chi connectivity index (χ3n) is 2.44. The van der Waals surface area contributed by atoms with Crippen molar-refractivity contribution in [3.8, 4) is 0 Å². The molecule has 0 saturated carbocycles. The lowest BCUT2D eigenvalue weighted by atomic mass is 10.1. The fourth-order valence-electron chi connectivity index (χ4n) is 1.84. The second-order valence-electron chi connectivity index (χ2n) is 3.94. The lowest BCUT2D eigenvalue weighted by Gasteiger charge is -2.29. The molecule has 1 aliphatic rings. The lowest BCUT2D eigenvalue weighted by Crippen LogP contribution is -2.42. The molecule has 1 atom stereocenters. The van der Waals surface area contributed by atoms with E-state index in [1.165, 1.54) is 6.42 Å². The largest absolute Gasteiger partial charge is 0.390 e. The molecule has 1 saturated heterocycles. The van der Waals surface area contributed by atoms with Crippen LogP contribution in [0.25, 0.3) is 0 Å². The van der Waals surface area contributed by atoms with Crippen molar-refractivity contribution in [3.05, 3.63) is 0 Å². The van der Waals surface area contributed by atoms with Crippen LogP contribution < -0.4 is 5.73 Å². The van der Waals surface area contributed by atoms with E-state index in [0.29, 0.717) is 6.54 Å². The standard InChI is InChI=1S/C9H17F3N2/c10-9(11,12)6-8(13)7-14-4-2-1-3-5-14/h8H,1-7,13H2. The summed E-state index contributed by atoms with van der Waals surface area (Å²) in [6, 6.07) is -0.770. The van der Waals surface area contributed by atoms with Gasteiger partial charge >= 0.3 is 6.18 Å². The van der Waals surface area contributed by atoms with E-state index in [1.54, 1.807) is 0 Å². The quantitative estimate of drug-likeness (QED) is 0.769.